The van der Waals surface area contributed by atoms with Crippen LogP contribution in [-0.2, 0) is 16.0 Å². The van der Waals surface area contributed by atoms with E-state index in [1.54, 1.807) is 6.92 Å². The molecule has 0 atom stereocenters. The Morgan fingerprint density at radius 2 is 1.82 bits per heavy atom. The number of pyridine rings is 2. The SMILES string of the molecule is CC1(NC(=O)c2nc3ccc(Oc4ncccc4OCC(F)(F)F)cn3c2C(F)(F)F)CCS(=O)(=O)CC1. The Hall–Kier alpha value is -3.56. The molecular weight excluding hydrogens is 546 g/mol. The van der Waals surface area contributed by atoms with Crippen LogP contribution in [0.1, 0.15) is 35.9 Å². The second-order valence-corrected chi connectivity index (χ2v) is 11.2. The molecule has 1 N–H and O–H groups in total. The van der Waals surface area contributed by atoms with Crippen molar-refractivity contribution < 1.29 is 49.0 Å². The van der Waals surface area contributed by atoms with Crippen molar-refractivity contribution in [2.24, 2.45) is 0 Å². The molecule has 0 unspecified atom stereocenters. The highest BCUT2D eigenvalue weighted by Crippen LogP contribution is 2.36. The van der Waals surface area contributed by atoms with E-state index >= 15 is 0 Å². The first-order valence-electron chi connectivity index (χ1n) is 11.0. The summed E-state index contributed by atoms with van der Waals surface area (Å²) in [7, 11) is -3.29. The molecule has 3 aromatic heterocycles. The fourth-order valence-electron chi connectivity index (χ4n) is 3.80. The zero-order chi connectivity index (χ0) is 27.9. The van der Waals surface area contributed by atoms with Crippen LogP contribution in [0.25, 0.3) is 5.65 Å². The van der Waals surface area contributed by atoms with Crippen molar-refractivity contribution in [3.63, 3.8) is 0 Å². The third kappa shape index (κ3) is 6.28. The number of nitrogens with zero attached hydrogens (tertiary/aromatic N) is 3. The van der Waals surface area contributed by atoms with Gasteiger partial charge in [0.05, 0.1) is 17.7 Å². The standard InChI is InChI=1S/C22H20F6N4O5S/c1-20(6-9-38(34,35)10-7-20)31-18(33)16-17(22(26,27)28)32-11-13(4-5-15(32)30-16)37-19-14(3-2-8-29-19)36-12-21(23,24)25/h2-5,8,11H,6-7,9-10,12H2,1H3,(H,31,33). The Labute approximate surface area is 211 Å². The van der Waals surface area contributed by atoms with E-state index in [0.717, 1.165) is 18.3 Å². The van der Waals surface area contributed by atoms with Gasteiger partial charge < -0.3 is 14.8 Å². The maximum atomic E-state index is 14.1. The Morgan fingerprint density at radius 1 is 1.13 bits per heavy atom. The predicted octanol–water partition coefficient (Wildman–Crippen LogP) is 4.18. The number of nitrogens with one attached hydrogen (secondary N) is 1. The molecule has 1 aliphatic heterocycles. The molecule has 16 heteroatoms. The number of carbonyl (C=O) groups is 1. The Kier molecular flexibility index (Phi) is 6.96. The highest BCUT2D eigenvalue weighted by molar-refractivity contribution is 7.91. The van der Waals surface area contributed by atoms with Crippen molar-refractivity contribution in [1.29, 1.82) is 0 Å². The van der Waals surface area contributed by atoms with Crippen LogP contribution in [0.3, 0.4) is 0 Å². The van der Waals surface area contributed by atoms with Gasteiger partial charge in [0.1, 0.15) is 21.2 Å². The Balaban J connectivity index is 1.65. The minimum absolute atomic E-state index is 0.0244. The minimum Gasteiger partial charge on any atom is -0.478 e. The molecule has 0 saturated carbocycles. The summed E-state index contributed by atoms with van der Waals surface area (Å²) in [5.74, 6) is -2.66. The number of imidazole rings is 1. The molecule has 4 rings (SSSR count). The average Bonchev–Trinajstić information content (AvgIpc) is 3.20. The zero-order valence-electron chi connectivity index (χ0n) is 19.6. The van der Waals surface area contributed by atoms with E-state index in [1.807, 2.05) is 0 Å². The molecule has 1 fully saturated rings. The summed E-state index contributed by atoms with van der Waals surface area (Å²) in [5, 5.41) is 2.48. The van der Waals surface area contributed by atoms with Gasteiger partial charge in [-0.2, -0.15) is 26.3 Å². The van der Waals surface area contributed by atoms with E-state index in [-0.39, 0.29) is 35.7 Å². The fourth-order valence-corrected chi connectivity index (χ4v) is 5.52. The molecule has 0 bridgehead atoms. The highest BCUT2D eigenvalue weighted by Gasteiger charge is 2.42. The molecular formula is C22H20F6N4O5S. The van der Waals surface area contributed by atoms with Crippen molar-refractivity contribution in [2.45, 2.75) is 37.7 Å². The van der Waals surface area contributed by atoms with Gasteiger partial charge >= 0.3 is 12.4 Å². The first-order chi connectivity index (χ1) is 17.6. The van der Waals surface area contributed by atoms with Crippen molar-refractivity contribution in [3.8, 4) is 17.4 Å². The number of aromatic nitrogens is 3. The lowest BCUT2D eigenvalue weighted by Crippen LogP contribution is -2.51. The van der Waals surface area contributed by atoms with Crippen molar-refractivity contribution in [1.82, 2.24) is 19.7 Å². The Morgan fingerprint density at radius 3 is 2.45 bits per heavy atom. The molecule has 0 spiro atoms. The summed E-state index contributed by atoms with van der Waals surface area (Å²) in [6, 6.07) is 4.74. The molecule has 0 radical (unpaired) electrons. The number of carbonyl (C=O) groups excluding carboxylic acids is 1. The normalized spacial score (nSPS) is 17.2. The summed E-state index contributed by atoms with van der Waals surface area (Å²) >= 11 is 0. The van der Waals surface area contributed by atoms with E-state index < -0.39 is 63.3 Å². The molecule has 0 aliphatic carbocycles. The maximum absolute atomic E-state index is 14.1. The van der Waals surface area contributed by atoms with E-state index in [2.05, 4.69) is 20.0 Å². The predicted molar refractivity (Wildman–Crippen MR) is 120 cm³/mol. The first-order valence-corrected chi connectivity index (χ1v) is 12.8. The van der Waals surface area contributed by atoms with E-state index in [0.29, 0.717) is 4.40 Å². The van der Waals surface area contributed by atoms with Gasteiger partial charge in [0, 0.05) is 11.7 Å². The van der Waals surface area contributed by atoms with Crippen LogP contribution in [0, 0.1) is 0 Å². The third-order valence-electron chi connectivity index (χ3n) is 5.76. The number of hydrogen-bond donors (Lipinski definition) is 1. The van der Waals surface area contributed by atoms with Gasteiger partial charge in [-0.15, -0.1) is 0 Å². The summed E-state index contributed by atoms with van der Waals surface area (Å²) in [6.07, 6.45) is -7.60. The van der Waals surface area contributed by atoms with E-state index in [9.17, 15) is 39.6 Å². The van der Waals surface area contributed by atoms with Gasteiger partial charge in [0.25, 0.3) is 11.8 Å². The summed E-state index contributed by atoms with van der Waals surface area (Å²) < 4.78 is 114. The highest BCUT2D eigenvalue weighted by atomic mass is 32.2. The summed E-state index contributed by atoms with van der Waals surface area (Å²) in [4.78, 5) is 20.5. The Bertz CT molecular complexity index is 1460. The van der Waals surface area contributed by atoms with Gasteiger partial charge in [-0.3, -0.25) is 9.20 Å². The minimum atomic E-state index is -5.05. The fraction of sp³-hybridized carbons (Fsp3) is 0.409. The van der Waals surface area contributed by atoms with Crippen LogP contribution in [0.15, 0.2) is 36.7 Å². The third-order valence-corrected chi connectivity index (χ3v) is 7.41. The zero-order valence-corrected chi connectivity index (χ0v) is 20.4. The number of halogens is 6. The number of fused-ring (bicyclic) bond motifs is 1. The molecule has 1 aliphatic rings. The number of sulfone groups is 1. The van der Waals surface area contributed by atoms with Crippen LogP contribution >= 0.6 is 0 Å². The number of hydrogen-bond acceptors (Lipinski definition) is 7. The van der Waals surface area contributed by atoms with Crippen LogP contribution in [0.5, 0.6) is 17.4 Å². The van der Waals surface area contributed by atoms with Crippen molar-refractivity contribution >= 4 is 21.4 Å². The van der Waals surface area contributed by atoms with Gasteiger partial charge in [-0.05, 0) is 44.0 Å². The van der Waals surface area contributed by atoms with Gasteiger partial charge in [0.2, 0.25) is 0 Å². The van der Waals surface area contributed by atoms with Gasteiger partial charge in [-0.25, -0.2) is 18.4 Å². The summed E-state index contributed by atoms with van der Waals surface area (Å²) in [5.41, 5.74) is -3.67. The molecule has 206 valence electrons. The molecule has 38 heavy (non-hydrogen) atoms. The smallest absolute Gasteiger partial charge is 0.434 e. The number of alkyl halides is 6. The molecule has 0 aromatic carbocycles. The largest absolute Gasteiger partial charge is 0.478 e. The number of amides is 1. The van der Waals surface area contributed by atoms with Crippen molar-refractivity contribution in [3.05, 3.63) is 48.0 Å². The summed E-state index contributed by atoms with van der Waals surface area (Å²) in [6.45, 7) is -0.100. The lowest BCUT2D eigenvalue weighted by Gasteiger charge is -2.34. The van der Waals surface area contributed by atoms with Gasteiger partial charge in [0.15, 0.2) is 23.7 Å². The van der Waals surface area contributed by atoms with Crippen LogP contribution in [0.2, 0.25) is 0 Å². The lowest BCUT2D eigenvalue weighted by atomic mass is 9.94. The number of rotatable bonds is 6. The van der Waals surface area contributed by atoms with Crippen LogP contribution in [0.4, 0.5) is 26.3 Å². The molecule has 1 saturated heterocycles. The van der Waals surface area contributed by atoms with Crippen molar-refractivity contribution in [2.75, 3.05) is 18.1 Å². The second-order valence-electron chi connectivity index (χ2n) is 8.88. The van der Waals surface area contributed by atoms with Crippen LogP contribution < -0.4 is 14.8 Å². The number of ether oxygens (including phenoxy) is 2. The molecule has 1 amide bonds. The molecule has 3 aromatic rings. The maximum Gasteiger partial charge on any atom is 0.434 e. The topological polar surface area (TPSA) is 112 Å². The second kappa shape index (κ2) is 9.63. The first kappa shape index (κ1) is 27.5. The van der Waals surface area contributed by atoms with Crippen LogP contribution in [-0.4, -0.2) is 58.5 Å². The van der Waals surface area contributed by atoms with E-state index in [4.69, 9.17) is 4.74 Å². The molecule has 9 nitrogen and oxygen atoms in total. The quantitative estimate of drug-likeness (QED) is 0.446. The van der Waals surface area contributed by atoms with E-state index in [1.165, 1.54) is 18.3 Å². The monoisotopic (exact) mass is 566 g/mol. The van der Waals surface area contributed by atoms with Gasteiger partial charge in [-0.1, -0.05) is 0 Å². The molecule has 4 heterocycles. The lowest BCUT2D eigenvalue weighted by molar-refractivity contribution is -0.153. The average molecular weight is 566 g/mol.